The minimum atomic E-state index is -0.421. The van der Waals surface area contributed by atoms with Crippen molar-refractivity contribution >= 4 is 5.78 Å². The molecule has 0 aromatic heterocycles. The first-order valence-corrected chi connectivity index (χ1v) is 3.87. The lowest BCUT2D eigenvalue weighted by atomic mass is 9.83. The second-order valence-corrected chi connectivity index (χ2v) is 3.70. The van der Waals surface area contributed by atoms with Crippen molar-refractivity contribution in [3.63, 3.8) is 0 Å². The predicted octanol–water partition coefficient (Wildman–Crippen LogP) is 2.15. The van der Waals surface area contributed by atoms with Crippen LogP contribution in [0.25, 0.3) is 0 Å². The maximum atomic E-state index is 11.4. The normalized spacial score (nSPS) is 13.7. The van der Waals surface area contributed by atoms with Crippen molar-refractivity contribution in [3.05, 3.63) is 0 Å². The number of rotatable bonds is 2. The summed E-state index contributed by atoms with van der Waals surface area (Å²) in [5.74, 6) is -0.377. The monoisotopic (exact) mass is 153 g/mol. The molecule has 0 amide bonds. The Morgan fingerprint density at radius 2 is 2.00 bits per heavy atom. The average Bonchev–Trinajstić information content (AvgIpc) is 1.88. The summed E-state index contributed by atoms with van der Waals surface area (Å²) in [6.45, 7) is 7.39. The molecule has 1 atom stereocenters. The maximum Gasteiger partial charge on any atom is 0.155 e. The number of hydrogen-bond acceptors (Lipinski definition) is 2. The largest absolute Gasteiger partial charge is 0.298 e. The van der Waals surface area contributed by atoms with Crippen LogP contribution in [0.3, 0.4) is 0 Å². The van der Waals surface area contributed by atoms with Crippen LogP contribution < -0.4 is 0 Å². The molecule has 11 heavy (non-hydrogen) atoms. The smallest absolute Gasteiger partial charge is 0.155 e. The van der Waals surface area contributed by atoms with Gasteiger partial charge in [0, 0.05) is 5.41 Å². The van der Waals surface area contributed by atoms with Crippen LogP contribution in [0.1, 0.15) is 34.1 Å². The van der Waals surface area contributed by atoms with E-state index in [2.05, 4.69) is 0 Å². The minimum Gasteiger partial charge on any atom is -0.298 e. The van der Waals surface area contributed by atoms with E-state index in [9.17, 15) is 4.79 Å². The average molecular weight is 153 g/mol. The summed E-state index contributed by atoms with van der Waals surface area (Å²) in [6, 6.07) is 2.01. The zero-order valence-corrected chi connectivity index (χ0v) is 7.64. The number of hydrogen-bond donors (Lipinski definition) is 0. The SMILES string of the molecule is CCC(C#N)C(=O)C(C)(C)C. The summed E-state index contributed by atoms with van der Waals surface area (Å²) in [5, 5.41) is 8.59. The molecule has 0 fully saturated rings. The van der Waals surface area contributed by atoms with E-state index in [4.69, 9.17) is 5.26 Å². The first kappa shape index (κ1) is 10.2. The number of Topliss-reactive ketones (excluding diaryl/α,β-unsaturated/α-hetero) is 1. The first-order valence-electron chi connectivity index (χ1n) is 3.87. The molecule has 0 N–H and O–H groups in total. The van der Waals surface area contributed by atoms with Gasteiger partial charge in [-0.15, -0.1) is 0 Å². The third-order valence-corrected chi connectivity index (χ3v) is 1.62. The Balaban J connectivity index is 4.38. The quantitative estimate of drug-likeness (QED) is 0.610. The molecule has 1 unspecified atom stereocenters. The molecule has 0 aliphatic rings. The van der Waals surface area contributed by atoms with Crippen LogP contribution in [-0.2, 0) is 4.79 Å². The molecule has 0 rings (SSSR count). The number of carbonyl (C=O) groups excluding carboxylic acids is 1. The van der Waals surface area contributed by atoms with Crippen molar-refractivity contribution in [2.75, 3.05) is 0 Å². The maximum absolute atomic E-state index is 11.4. The highest BCUT2D eigenvalue weighted by atomic mass is 16.1. The van der Waals surface area contributed by atoms with Gasteiger partial charge < -0.3 is 0 Å². The van der Waals surface area contributed by atoms with E-state index in [0.29, 0.717) is 6.42 Å². The molecule has 2 nitrogen and oxygen atoms in total. The summed E-state index contributed by atoms with van der Waals surface area (Å²) < 4.78 is 0. The van der Waals surface area contributed by atoms with Crippen molar-refractivity contribution < 1.29 is 4.79 Å². The van der Waals surface area contributed by atoms with Crippen LogP contribution in [0.5, 0.6) is 0 Å². The highest BCUT2D eigenvalue weighted by Gasteiger charge is 2.27. The molecule has 0 aromatic carbocycles. The molecular formula is C9H15NO. The van der Waals surface area contributed by atoms with Gasteiger partial charge in [-0.2, -0.15) is 5.26 Å². The zero-order valence-electron chi connectivity index (χ0n) is 7.64. The van der Waals surface area contributed by atoms with Gasteiger partial charge in [-0.3, -0.25) is 4.79 Å². The molecule has 0 spiro atoms. The number of nitrogens with zero attached hydrogens (tertiary/aromatic N) is 1. The molecule has 2 heteroatoms. The first-order chi connectivity index (χ1) is 4.93. The predicted molar refractivity (Wildman–Crippen MR) is 43.9 cm³/mol. The number of ketones is 1. The second-order valence-electron chi connectivity index (χ2n) is 3.70. The van der Waals surface area contributed by atoms with Gasteiger partial charge in [0.15, 0.2) is 5.78 Å². The van der Waals surface area contributed by atoms with Gasteiger partial charge in [-0.05, 0) is 6.42 Å². The molecule has 0 heterocycles. The highest BCUT2D eigenvalue weighted by molar-refractivity contribution is 5.87. The van der Waals surface area contributed by atoms with Crippen molar-refractivity contribution in [1.82, 2.24) is 0 Å². The van der Waals surface area contributed by atoms with Crippen LogP contribution in [0.4, 0.5) is 0 Å². The second kappa shape index (κ2) is 3.52. The van der Waals surface area contributed by atoms with Crippen molar-refractivity contribution in [2.45, 2.75) is 34.1 Å². The Morgan fingerprint density at radius 1 is 1.55 bits per heavy atom. The summed E-state index contributed by atoms with van der Waals surface area (Å²) in [7, 11) is 0. The Morgan fingerprint density at radius 3 is 2.09 bits per heavy atom. The standard InChI is InChI=1S/C9H15NO/c1-5-7(6-10)8(11)9(2,3)4/h7H,5H2,1-4H3. The fourth-order valence-electron chi connectivity index (χ4n) is 0.858. The Hall–Kier alpha value is -0.840. The van der Waals surface area contributed by atoms with Gasteiger partial charge in [-0.25, -0.2) is 0 Å². The minimum absolute atomic E-state index is 0.0440. The lowest BCUT2D eigenvalue weighted by molar-refractivity contribution is -0.128. The molecule has 0 saturated heterocycles. The third kappa shape index (κ3) is 2.71. The third-order valence-electron chi connectivity index (χ3n) is 1.62. The van der Waals surface area contributed by atoms with Gasteiger partial charge in [0.05, 0.1) is 6.07 Å². The molecule has 0 saturated carbocycles. The molecule has 0 bridgehead atoms. The topological polar surface area (TPSA) is 40.9 Å². The van der Waals surface area contributed by atoms with E-state index in [1.165, 1.54) is 0 Å². The summed E-state index contributed by atoms with van der Waals surface area (Å²) in [4.78, 5) is 11.4. The van der Waals surface area contributed by atoms with Crippen LogP contribution in [0, 0.1) is 22.7 Å². The van der Waals surface area contributed by atoms with Crippen LogP contribution >= 0.6 is 0 Å². The van der Waals surface area contributed by atoms with Gasteiger partial charge in [0.25, 0.3) is 0 Å². The van der Waals surface area contributed by atoms with E-state index < -0.39 is 5.92 Å². The number of carbonyl (C=O) groups is 1. The lowest BCUT2D eigenvalue weighted by Crippen LogP contribution is -2.26. The van der Waals surface area contributed by atoms with E-state index in [-0.39, 0.29) is 11.2 Å². The van der Waals surface area contributed by atoms with Crippen LogP contribution in [0.15, 0.2) is 0 Å². The van der Waals surface area contributed by atoms with Crippen LogP contribution in [0.2, 0.25) is 0 Å². The van der Waals surface area contributed by atoms with E-state index in [1.54, 1.807) is 0 Å². The van der Waals surface area contributed by atoms with E-state index in [0.717, 1.165) is 0 Å². The van der Waals surface area contributed by atoms with Gasteiger partial charge in [-0.1, -0.05) is 27.7 Å². The highest BCUT2D eigenvalue weighted by Crippen LogP contribution is 2.21. The Bertz CT molecular complexity index is 183. The van der Waals surface area contributed by atoms with E-state index in [1.807, 2.05) is 33.8 Å². The number of nitriles is 1. The summed E-state index contributed by atoms with van der Waals surface area (Å²) >= 11 is 0. The molecule has 0 aliphatic carbocycles. The molecule has 0 aliphatic heterocycles. The van der Waals surface area contributed by atoms with Crippen molar-refractivity contribution in [1.29, 1.82) is 5.26 Å². The molecule has 62 valence electrons. The molecule has 0 aromatic rings. The fraction of sp³-hybridized carbons (Fsp3) is 0.778. The lowest BCUT2D eigenvalue weighted by Gasteiger charge is -2.18. The Kier molecular flexibility index (Phi) is 3.25. The van der Waals surface area contributed by atoms with Gasteiger partial charge >= 0.3 is 0 Å². The van der Waals surface area contributed by atoms with Crippen molar-refractivity contribution in [2.24, 2.45) is 11.3 Å². The van der Waals surface area contributed by atoms with E-state index >= 15 is 0 Å². The summed E-state index contributed by atoms with van der Waals surface area (Å²) in [5.41, 5.74) is -0.379. The van der Waals surface area contributed by atoms with Crippen LogP contribution in [-0.4, -0.2) is 5.78 Å². The zero-order chi connectivity index (χ0) is 9.07. The molecular weight excluding hydrogens is 138 g/mol. The fourth-order valence-corrected chi connectivity index (χ4v) is 0.858. The Labute approximate surface area is 68.2 Å². The van der Waals surface area contributed by atoms with Gasteiger partial charge in [0.2, 0.25) is 0 Å². The van der Waals surface area contributed by atoms with Gasteiger partial charge in [0.1, 0.15) is 5.92 Å². The van der Waals surface area contributed by atoms with Crippen molar-refractivity contribution in [3.8, 4) is 6.07 Å². The molecule has 0 radical (unpaired) electrons. The summed E-state index contributed by atoms with van der Waals surface area (Å²) in [6.07, 6.45) is 0.618.